The van der Waals surface area contributed by atoms with Crippen LogP contribution in [0.5, 0.6) is 17.2 Å². The van der Waals surface area contributed by atoms with E-state index in [4.69, 9.17) is 18.6 Å². The predicted octanol–water partition coefficient (Wildman–Crippen LogP) is 5.62. The number of furan rings is 1. The first kappa shape index (κ1) is 27.0. The number of ether oxygens (including phenoxy) is 3. The van der Waals surface area contributed by atoms with Crippen LogP contribution in [0.4, 0.5) is 5.69 Å². The number of nitrogens with one attached hydrogen (secondary N) is 2. The largest absolute Gasteiger partial charge is 0.494 e. The summed E-state index contributed by atoms with van der Waals surface area (Å²) in [6, 6.07) is 19.7. The zero-order valence-electron chi connectivity index (χ0n) is 20.8. The standard InChI is InChI=1S/C28H26IN3O6/c1-3-35-21-10-11-23-19(14-21)15-25(38-23)28(34)32-30-16-18-12-22(29)27(24(13-18)36-4-2)37-17-26(33)31-20-8-6-5-7-9-20/h5-16H,3-4,17H2,1-2H3,(H,31,33)(H,32,34)/b30-16+. The van der Waals surface area contributed by atoms with Crippen molar-refractivity contribution in [2.24, 2.45) is 5.10 Å². The van der Waals surface area contributed by atoms with Crippen LogP contribution in [0.1, 0.15) is 30.0 Å². The monoisotopic (exact) mass is 627 g/mol. The van der Waals surface area contributed by atoms with Gasteiger partial charge in [-0.15, -0.1) is 0 Å². The van der Waals surface area contributed by atoms with Crippen molar-refractivity contribution in [3.8, 4) is 17.2 Å². The molecule has 0 radical (unpaired) electrons. The number of halogens is 1. The fourth-order valence-corrected chi connectivity index (χ4v) is 4.31. The molecule has 0 aliphatic carbocycles. The quantitative estimate of drug-likeness (QED) is 0.127. The topological polar surface area (TPSA) is 111 Å². The first-order chi connectivity index (χ1) is 18.5. The average Bonchev–Trinajstić information content (AvgIpc) is 3.33. The van der Waals surface area contributed by atoms with E-state index in [1.54, 1.807) is 42.5 Å². The van der Waals surface area contributed by atoms with Crippen LogP contribution >= 0.6 is 22.6 Å². The molecule has 0 unspecified atom stereocenters. The molecule has 1 aromatic heterocycles. The average molecular weight is 627 g/mol. The molecule has 3 aromatic carbocycles. The molecule has 0 saturated heterocycles. The van der Waals surface area contributed by atoms with E-state index in [1.807, 2.05) is 38.1 Å². The maximum atomic E-state index is 12.6. The van der Waals surface area contributed by atoms with Crippen molar-refractivity contribution in [2.75, 3.05) is 25.1 Å². The van der Waals surface area contributed by atoms with Crippen LogP contribution in [0.15, 0.2) is 76.2 Å². The van der Waals surface area contributed by atoms with E-state index < -0.39 is 5.91 Å². The Hall–Kier alpha value is -4.06. The molecule has 0 spiro atoms. The SMILES string of the molecule is CCOc1ccc2oc(C(=O)N/N=C/c3cc(I)c(OCC(=O)Nc4ccccc4)c(OCC)c3)cc2c1. The first-order valence-corrected chi connectivity index (χ1v) is 13.0. The summed E-state index contributed by atoms with van der Waals surface area (Å²) < 4.78 is 23.3. The molecule has 196 valence electrons. The number of hydrogen-bond acceptors (Lipinski definition) is 7. The number of rotatable bonds is 11. The van der Waals surface area contributed by atoms with Gasteiger partial charge in [0.25, 0.3) is 5.91 Å². The number of hydrazone groups is 1. The lowest BCUT2D eigenvalue weighted by Crippen LogP contribution is -2.20. The third-order valence-electron chi connectivity index (χ3n) is 5.14. The molecular formula is C28H26IN3O6. The Balaban J connectivity index is 1.40. The van der Waals surface area contributed by atoms with Gasteiger partial charge in [0.1, 0.15) is 11.3 Å². The highest BCUT2D eigenvalue weighted by Crippen LogP contribution is 2.34. The van der Waals surface area contributed by atoms with E-state index in [1.165, 1.54) is 6.21 Å². The molecule has 9 nitrogen and oxygen atoms in total. The highest BCUT2D eigenvalue weighted by molar-refractivity contribution is 14.1. The van der Waals surface area contributed by atoms with E-state index in [9.17, 15) is 9.59 Å². The van der Waals surface area contributed by atoms with Crippen molar-refractivity contribution in [3.63, 3.8) is 0 Å². The summed E-state index contributed by atoms with van der Waals surface area (Å²) in [6.07, 6.45) is 1.49. The predicted molar refractivity (Wildman–Crippen MR) is 153 cm³/mol. The highest BCUT2D eigenvalue weighted by atomic mass is 127. The van der Waals surface area contributed by atoms with Gasteiger partial charge in [-0.2, -0.15) is 5.10 Å². The fourth-order valence-electron chi connectivity index (χ4n) is 3.53. The van der Waals surface area contributed by atoms with Crippen molar-refractivity contribution in [1.82, 2.24) is 5.43 Å². The number of hydrogen-bond donors (Lipinski definition) is 2. The number of benzene rings is 3. The minimum Gasteiger partial charge on any atom is -0.494 e. The van der Waals surface area contributed by atoms with Crippen LogP contribution in [-0.4, -0.2) is 37.8 Å². The molecule has 0 bridgehead atoms. The van der Waals surface area contributed by atoms with E-state index in [-0.39, 0.29) is 18.3 Å². The minimum atomic E-state index is -0.487. The lowest BCUT2D eigenvalue weighted by atomic mass is 10.2. The van der Waals surface area contributed by atoms with Crippen LogP contribution < -0.4 is 25.0 Å². The second-order valence-electron chi connectivity index (χ2n) is 7.91. The summed E-state index contributed by atoms with van der Waals surface area (Å²) in [5, 5.41) is 7.59. The van der Waals surface area contributed by atoms with Gasteiger partial charge in [0, 0.05) is 11.1 Å². The molecule has 0 aliphatic rings. The number of para-hydroxylation sites is 1. The van der Waals surface area contributed by atoms with Crippen LogP contribution in [-0.2, 0) is 4.79 Å². The molecule has 4 aromatic rings. The van der Waals surface area contributed by atoms with Gasteiger partial charge in [-0.3, -0.25) is 9.59 Å². The van der Waals surface area contributed by atoms with Gasteiger partial charge in [0.2, 0.25) is 0 Å². The number of carbonyl (C=O) groups is 2. The summed E-state index contributed by atoms with van der Waals surface area (Å²) in [4.78, 5) is 24.9. The van der Waals surface area contributed by atoms with Gasteiger partial charge in [0.05, 0.1) is 23.0 Å². The Morgan fingerprint density at radius 1 is 0.974 bits per heavy atom. The highest BCUT2D eigenvalue weighted by Gasteiger charge is 2.15. The van der Waals surface area contributed by atoms with Crippen molar-refractivity contribution in [2.45, 2.75) is 13.8 Å². The number of fused-ring (bicyclic) bond motifs is 1. The summed E-state index contributed by atoms with van der Waals surface area (Å²) in [6.45, 7) is 4.52. The molecular weight excluding hydrogens is 601 g/mol. The van der Waals surface area contributed by atoms with Crippen LogP contribution in [0.25, 0.3) is 11.0 Å². The molecule has 0 saturated carbocycles. The van der Waals surface area contributed by atoms with Crippen molar-refractivity contribution >= 4 is 57.3 Å². The molecule has 38 heavy (non-hydrogen) atoms. The molecule has 0 aliphatic heterocycles. The Kier molecular flexibility index (Phi) is 9.20. The lowest BCUT2D eigenvalue weighted by molar-refractivity contribution is -0.118. The molecule has 0 atom stereocenters. The molecule has 1 heterocycles. The van der Waals surface area contributed by atoms with Crippen molar-refractivity contribution in [1.29, 1.82) is 0 Å². The summed E-state index contributed by atoms with van der Waals surface area (Å²) in [7, 11) is 0. The van der Waals surface area contributed by atoms with Gasteiger partial charge in [-0.25, -0.2) is 5.43 Å². The summed E-state index contributed by atoms with van der Waals surface area (Å²) >= 11 is 2.10. The summed E-state index contributed by atoms with van der Waals surface area (Å²) in [5.74, 6) is 0.970. The van der Waals surface area contributed by atoms with Crippen molar-refractivity contribution < 1.29 is 28.2 Å². The number of carbonyl (C=O) groups excluding carboxylic acids is 2. The van der Waals surface area contributed by atoms with Gasteiger partial charge < -0.3 is 23.9 Å². The maximum Gasteiger partial charge on any atom is 0.307 e. The second kappa shape index (κ2) is 13.0. The molecule has 2 N–H and O–H groups in total. The Labute approximate surface area is 233 Å². The molecule has 10 heteroatoms. The Morgan fingerprint density at radius 3 is 2.53 bits per heavy atom. The van der Waals surface area contributed by atoms with E-state index >= 15 is 0 Å². The van der Waals surface area contributed by atoms with E-state index in [2.05, 4.69) is 38.4 Å². The number of nitrogens with zero attached hydrogens (tertiary/aromatic N) is 1. The zero-order valence-corrected chi connectivity index (χ0v) is 23.0. The number of amides is 2. The van der Waals surface area contributed by atoms with Crippen LogP contribution in [0.2, 0.25) is 0 Å². The Morgan fingerprint density at radius 2 is 1.76 bits per heavy atom. The minimum absolute atomic E-state index is 0.132. The second-order valence-corrected chi connectivity index (χ2v) is 9.07. The van der Waals surface area contributed by atoms with Crippen LogP contribution in [0.3, 0.4) is 0 Å². The Bertz CT molecular complexity index is 1450. The third-order valence-corrected chi connectivity index (χ3v) is 5.94. The third kappa shape index (κ3) is 7.03. The van der Waals surface area contributed by atoms with E-state index in [0.29, 0.717) is 47.3 Å². The molecule has 2 amide bonds. The normalized spacial score (nSPS) is 10.9. The molecule has 4 rings (SSSR count). The first-order valence-electron chi connectivity index (χ1n) is 11.9. The van der Waals surface area contributed by atoms with Gasteiger partial charge in [-0.05, 0) is 90.5 Å². The van der Waals surface area contributed by atoms with Gasteiger partial charge in [-0.1, -0.05) is 18.2 Å². The molecule has 0 fully saturated rings. The lowest BCUT2D eigenvalue weighted by Gasteiger charge is -2.14. The van der Waals surface area contributed by atoms with Gasteiger partial charge >= 0.3 is 5.91 Å². The zero-order chi connectivity index (χ0) is 26.9. The maximum absolute atomic E-state index is 12.6. The van der Waals surface area contributed by atoms with Gasteiger partial charge in [0.15, 0.2) is 23.9 Å². The van der Waals surface area contributed by atoms with Crippen LogP contribution in [0, 0.1) is 3.57 Å². The van der Waals surface area contributed by atoms with E-state index in [0.717, 1.165) is 8.96 Å². The van der Waals surface area contributed by atoms with Crippen molar-refractivity contribution in [3.05, 3.63) is 81.6 Å². The summed E-state index contributed by atoms with van der Waals surface area (Å²) in [5.41, 5.74) is 4.41. The fraction of sp³-hybridized carbons (Fsp3) is 0.179. The number of anilines is 1. The smallest absolute Gasteiger partial charge is 0.307 e.